The van der Waals surface area contributed by atoms with Gasteiger partial charge in [-0.25, -0.2) is 13.6 Å². The Morgan fingerprint density at radius 3 is 2.30 bits per heavy atom. The number of nitrogens with zero attached hydrogens (tertiary/aromatic N) is 1. The molecule has 1 N–H and O–H groups in total. The van der Waals surface area contributed by atoms with Crippen molar-refractivity contribution in [2.75, 3.05) is 11.9 Å². The van der Waals surface area contributed by atoms with Crippen LogP contribution in [-0.2, 0) is 11.3 Å². The van der Waals surface area contributed by atoms with Crippen molar-refractivity contribution in [3.63, 3.8) is 0 Å². The summed E-state index contributed by atoms with van der Waals surface area (Å²) >= 11 is 0.921. The molecule has 3 aromatic rings. The van der Waals surface area contributed by atoms with Crippen LogP contribution in [0, 0.1) is 11.6 Å². The normalized spacial score (nSPS) is 12.6. The summed E-state index contributed by atoms with van der Waals surface area (Å²) in [6.45, 7) is 1.52. The number of imide groups is 1. The van der Waals surface area contributed by atoms with Gasteiger partial charge in [-0.1, -0.05) is 12.1 Å². The molecule has 2 aromatic carbocycles. The summed E-state index contributed by atoms with van der Waals surface area (Å²) in [5, 5.41) is 2.42. The van der Waals surface area contributed by atoms with Gasteiger partial charge < -0.3 is 10.1 Å². The first kappa shape index (κ1) is 22.3. The maximum absolute atomic E-state index is 14.0. The van der Waals surface area contributed by atoms with Crippen molar-refractivity contribution in [2.45, 2.75) is 13.5 Å². The second-order valence-electron chi connectivity index (χ2n) is 7.00. The van der Waals surface area contributed by atoms with Crippen molar-refractivity contribution in [3.05, 3.63) is 87.3 Å². The van der Waals surface area contributed by atoms with Crippen molar-refractivity contribution >= 4 is 40.0 Å². The van der Waals surface area contributed by atoms with E-state index in [0.717, 1.165) is 34.4 Å². The van der Waals surface area contributed by atoms with E-state index in [1.165, 1.54) is 6.07 Å². The Morgan fingerprint density at radius 1 is 1.00 bits per heavy atom. The van der Waals surface area contributed by atoms with Gasteiger partial charge in [-0.05, 0) is 43.3 Å². The number of esters is 1. The van der Waals surface area contributed by atoms with Crippen LogP contribution in [0.3, 0.4) is 0 Å². The SMILES string of the molecule is CCOC(=O)c1cc(CN2C(=O)c3ccccc3C2=O)sc1NC(=O)c1cc(F)ccc1F. The fourth-order valence-electron chi connectivity index (χ4n) is 3.35. The highest BCUT2D eigenvalue weighted by atomic mass is 32.1. The van der Waals surface area contributed by atoms with E-state index in [4.69, 9.17) is 4.74 Å². The van der Waals surface area contributed by atoms with Crippen LogP contribution in [0.2, 0.25) is 0 Å². The van der Waals surface area contributed by atoms with E-state index in [9.17, 15) is 28.0 Å². The number of anilines is 1. The third-order valence-electron chi connectivity index (χ3n) is 4.87. The number of rotatable bonds is 6. The second kappa shape index (κ2) is 8.91. The molecule has 0 saturated heterocycles. The Labute approximate surface area is 190 Å². The third kappa shape index (κ3) is 4.24. The average Bonchev–Trinajstić information content (AvgIpc) is 3.30. The number of benzene rings is 2. The summed E-state index contributed by atoms with van der Waals surface area (Å²) in [7, 11) is 0. The zero-order valence-corrected chi connectivity index (χ0v) is 18.0. The number of nitrogens with one attached hydrogen (secondary N) is 1. The van der Waals surface area contributed by atoms with E-state index in [-0.39, 0.29) is 34.8 Å². The van der Waals surface area contributed by atoms with E-state index >= 15 is 0 Å². The predicted molar refractivity (Wildman–Crippen MR) is 115 cm³/mol. The van der Waals surface area contributed by atoms with Crippen LogP contribution >= 0.6 is 11.3 Å². The maximum Gasteiger partial charge on any atom is 0.341 e. The number of halogens is 2. The van der Waals surface area contributed by atoms with E-state index in [1.54, 1.807) is 31.2 Å². The van der Waals surface area contributed by atoms with E-state index in [2.05, 4.69) is 5.32 Å². The Kier molecular flexibility index (Phi) is 6.01. The Morgan fingerprint density at radius 2 is 1.67 bits per heavy atom. The Hall–Kier alpha value is -3.92. The summed E-state index contributed by atoms with van der Waals surface area (Å²) in [5.41, 5.74) is -0.0155. The molecule has 0 fully saturated rings. The van der Waals surface area contributed by atoms with Crippen LogP contribution in [0.4, 0.5) is 13.8 Å². The molecule has 2 heterocycles. The lowest BCUT2D eigenvalue weighted by molar-refractivity contribution is 0.0527. The summed E-state index contributed by atoms with van der Waals surface area (Å²) in [4.78, 5) is 51.7. The highest BCUT2D eigenvalue weighted by Gasteiger charge is 2.35. The van der Waals surface area contributed by atoms with Gasteiger partial charge in [-0.3, -0.25) is 19.3 Å². The number of carbonyl (C=O) groups is 4. The second-order valence-corrected chi connectivity index (χ2v) is 8.13. The zero-order chi connectivity index (χ0) is 23.7. The highest BCUT2D eigenvalue weighted by Crippen LogP contribution is 2.33. The van der Waals surface area contributed by atoms with Crippen LogP contribution in [0.15, 0.2) is 48.5 Å². The average molecular weight is 470 g/mol. The summed E-state index contributed by atoms with van der Waals surface area (Å²) < 4.78 is 32.5. The largest absolute Gasteiger partial charge is 0.462 e. The number of thiophene rings is 1. The van der Waals surface area contributed by atoms with Gasteiger partial charge in [0.25, 0.3) is 17.7 Å². The lowest BCUT2D eigenvalue weighted by Crippen LogP contribution is -2.28. The Bertz CT molecular complexity index is 1270. The Balaban J connectivity index is 1.63. The number of amides is 3. The number of carbonyl (C=O) groups excluding carboxylic acids is 4. The van der Waals surface area contributed by atoms with Crippen molar-refractivity contribution in [3.8, 4) is 0 Å². The molecule has 10 heteroatoms. The van der Waals surface area contributed by atoms with Crippen molar-refractivity contribution < 1.29 is 32.7 Å². The fourth-order valence-corrected chi connectivity index (χ4v) is 4.38. The molecule has 3 amide bonds. The smallest absolute Gasteiger partial charge is 0.341 e. The van der Waals surface area contributed by atoms with Gasteiger partial charge in [0, 0.05) is 4.88 Å². The summed E-state index contributed by atoms with van der Waals surface area (Å²) in [6, 6.07) is 10.2. The molecular weight excluding hydrogens is 454 g/mol. The van der Waals surface area contributed by atoms with Crippen molar-refractivity contribution in [2.24, 2.45) is 0 Å². The van der Waals surface area contributed by atoms with Gasteiger partial charge >= 0.3 is 5.97 Å². The van der Waals surface area contributed by atoms with E-state index in [1.807, 2.05) is 0 Å². The minimum Gasteiger partial charge on any atom is -0.462 e. The molecule has 168 valence electrons. The van der Waals surface area contributed by atoms with Gasteiger partial charge in [0.05, 0.1) is 35.4 Å². The van der Waals surface area contributed by atoms with E-state index in [0.29, 0.717) is 4.88 Å². The molecule has 4 rings (SSSR count). The number of hydrogen-bond acceptors (Lipinski definition) is 6. The van der Waals surface area contributed by atoms with Gasteiger partial charge in [0.2, 0.25) is 0 Å². The minimum absolute atomic E-state index is 0.0220. The standard InChI is InChI=1S/C23H16F2N2O5S/c1-2-32-23(31)17-10-13(11-27-21(29)14-5-3-4-6-15(14)22(27)30)33-20(17)26-19(28)16-9-12(24)7-8-18(16)25/h3-10H,2,11H2,1H3,(H,26,28). The molecule has 7 nitrogen and oxygen atoms in total. The number of hydrogen-bond donors (Lipinski definition) is 1. The van der Waals surface area contributed by atoms with Gasteiger partial charge in [-0.2, -0.15) is 0 Å². The molecule has 1 aliphatic heterocycles. The lowest BCUT2D eigenvalue weighted by Gasteiger charge is -2.12. The molecule has 0 aliphatic carbocycles. The predicted octanol–water partition coefficient (Wildman–Crippen LogP) is 4.25. The summed E-state index contributed by atoms with van der Waals surface area (Å²) in [5.74, 6) is -4.41. The first-order valence-corrected chi connectivity index (χ1v) is 10.6. The minimum atomic E-state index is -0.966. The quantitative estimate of drug-likeness (QED) is 0.430. The zero-order valence-electron chi connectivity index (χ0n) is 17.2. The topological polar surface area (TPSA) is 92.8 Å². The molecule has 0 spiro atoms. The van der Waals surface area contributed by atoms with Crippen LogP contribution in [-0.4, -0.2) is 35.2 Å². The number of fused-ring (bicyclic) bond motifs is 1. The summed E-state index contributed by atoms with van der Waals surface area (Å²) in [6.07, 6.45) is 0. The van der Waals surface area contributed by atoms with Gasteiger partial charge in [0.15, 0.2) is 0 Å². The van der Waals surface area contributed by atoms with Crippen molar-refractivity contribution in [1.82, 2.24) is 4.90 Å². The molecular formula is C23H16F2N2O5S. The molecule has 33 heavy (non-hydrogen) atoms. The molecule has 0 bridgehead atoms. The first-order chi connectivity index (χ1) is 15.8. The monoisotopic (exact) mass is 470 g/mol. The van der Waals surface area contributed by atoms with Gasteiger partial charge in [-0.15, -0.1) is 11.3 Å². The van der Waals surface area contributed by atoms with E-state index < -0.39 is 40.9 Å². The van der Waals surface area contributed by atoms with Crippen molar-refractivity contribution in [1.29, 1.82) is 0 Å². The molecule has 0 atom stereocenters. The van der Waals surface area contributed by atoms with Crippen LogP contribution in [0.5, 0.6) is 0 Å². The van der Waals surface area contributed by atoms with Crippen LogP contribution < -0.4 is 5.32 Å². The lowest BCUT2D eigenvalue weighted by atomic mass is 10.1. The number of ether oxygens (including phenoxy) is 1. The van der Waals surface area contributed by atoms with Gasteiger partial charge in [0.1, 0.15) is 16.6 Å². The maximum atomic E-state index is 14.0. The van der Waals surface area contributed by atoms with Crippen LogP contribution in [0.1, 0.15) is 53.2 Å². The molecule has 0 radical (unpaired) electrons. The molecule has 1 aliphatic rings. The first-order valence-electron chi connectivity index (χ1n) is 9.81. The molecule has 1 aromatic heterocycles. The van der Waals surface area contributed by atoms with Crippen LogP contribution in [0.25, 0.3) is 0 Å². The highest BCUT2D eigenvalue weighted by molar-refractivity contribution is 7.16. The molecule has 0 unspecified atom stereocenters. The fraction of sp³-hybridized carbons (Fsp3) is 0.130. The molecule has 0 saturated carbocycles. The third-order valence-corrected chi connectivity index (χ3v) is 5.91.